The average Bonchev–Trinajstić information content (AvgIpc) is 2.32. The van der Waals surface area contributed by atoms with Gasteiger partial charge in [0.15, 0.2) is 0 Å². The molecule has 0 aromatic heterocycles. The Morgan fingerprint density at radius 1 is 1.06 bits per heavy atom. The molecule has 0 unspecified atom stereocenters. The number of anilines is 1. The summed E-state index contributed by atoms with van der Waals surface area (Å²) in [6, 6.07) is 6.48. The van der Waals surface area contributed by atoms with Crippen molar-refractivity contribution < 1.29 is 0 Å². The van der Waals surface area contributed by atoms with Crippen LogP contribution < -0.4 is 4.57 Å². The third-order valence-electron chi connectivity index (χ3n) is 2.78. The van der Waals surface area contributed by atoms with Crippen LogP contribution in [0.2, 0.25) is 0 Å². The lowest BCUT2D eigenvalue weighted by atomic mass is 9.99. The summed E-state index contributed by atoms with van der Waals surface area (Å²) in [5.74, 6) is 0. The number of benzene rings is 1. The van der Waals surface area contributed by atoms with Crippen molar-refractivity contribution in [3.63, 3.8) is 0 Å². The van der Waals surface area contributed by atoms with Crippen molar-refractivity contribution in [1.29, 1.82) is 0 Å². The van der Waals surface area contributed by atoms with E-state index < -0.39 is 0 Å². The summed E-state index contributed by atoms with van der Waals surface area (Å²) in [5, 5.41) is 0. The Hall–Kier alpha value is -1.54. The molecule has 0 spiro atoms. The van der Waals surface area contributed by atoms with Gasteiger partial charge in [0, 0.05) is 12.2 Å². The third-order valence-corrected chi connectivity index (χ3v) is 3.62. The smallest absolute Gasteiger partial charge is 0.108 e. The highest BCUT2D eigenvalue weighted by molar-refractivity contribution is 6.18. The maximum absolute atomic E-state index is 3.85. The molecule has 0 saturated carbocycles. The standard InChI is InChI=1S/C15H21NSi/c1-4-8-13-10-7-11-15(14(13)9-5-2)16(17)12-6-3/h4-7,10-11H,1-3,8-9,12H2,17H3. The highest BCUT2D eigenvalue weighted by Crippen LogP contribution is 2.24. The number of allylic oxidation sites excluding steroid dienone is 2. The predicted octanol–water partition coefficient (Wildman–Crippen LogP) is 2.42. The van der Waals surface area contributed by atoms with E-state index in [0.29, 0.717) is 0 Å². The van der Waals surface area contributed by atoms with Gasteiger partial charge >= 0.3 is 0 Å². The quantitative estimate of drug-likeness (QED) is 0.525. The second-order valence-electron chi connectivity index (χ2n) is 4.07. The maximum atomic E-state index is 3.85. The molecule has 0 radical (unpaired) electrons. The first-order valence-electron chi connectivity index (χ1n) is 5.89. The van der Waals surface area contributed by atoms with E-state index in [2.05, 4.69) is 42.5 Å². The maximum Gasteiger partial charge on any atom is 0.108 e. The fourth-order valence-electron chi connectivity index (χ4n) is 2.00. The van der Waals surface area contributed by atoms with E-state index in [1.165, 1.54) is 16.8 Å². The van der Waals surface area contributed by atoms with E-state index in [-0.39, 0.29) is 0 Å². The van der Waals surface area contributed by atoms with Crippen molar-refractivity contribution in [2.24, 2.45) is 0 Å². The van der Waals surface area contributed by atoms with Gasteiger partial charge < -0.3 is 4.57 Å². The minimum atomic E-state index is 0.911. The molecular weight excluding hydrogens is 222 g/mol. The fourth-order valence-corrected chi connectivity index (χ4v) is 2.67. The lowest BCUT2D eigenvalue weighted by molar-refractivity contribution is 1.10. The first kappa shape index (κ1) is 13.5. The van der Waals surface area contributed by atoms with Gasteiger partial charge in [-0.05, 0) is 30.0 Å². The summed E-state index contributed by atoms with van der Waals surface area (Å²) >= 11 is 0. The van der Waals surface area contributed by atoms with E-state index in [1.807, 2.05) is 18.2 Å². The van der Waals surface area contributed by atoms with Crippen molar-refractivity contribution in [1.82, 2.24) is 0 Å². The molecule has 1 nitrogen and oxygen atoms in total. The largest absolute Gasteiger partial charge is 0.403 e. The summed E-state index contributed by atoms with van der Waals surface area (Å²) in [6.45, 7) is 12.4. The summed E-state index contributed by atoms with van der Waals surface area (Å²) < 4.78 is 2.35. The van der Waals surface area contributed by atoms with Crippen molar-refractivity contribution in [3.8, 4) is 0 Å². The molecule has 0 aliphatic carbocycles. The Labute approximate surface area is 108 Å². The minimum Gasteiger partial charge on any atom is -0.403 e. The van der Waals surface area contributed by atoms with Crippen molar-refractivity contribution in [2.45, 2.75) is 12.8 Å². The van der Waals surface area contributed by atoms with Gasteiger partial charge in [0.25, 0.3) is 0 Å². The van der Waals surface area contributed by atoms with Crippen LogP contribution in [0.4, 0.5) is 5.69 Å². The second-order valence-corrected chi connectivity index (χ2v) is 5.15. The summed E-state index contributed by atoms with van der Waals surface area (Å²) in [6.07, 6.45) is 7.70. The zero-order chi connectivity index (χ0) is 12.7. The Morgan fingerprint density at radius 3 is 2.35 bits per heavy atom. The SMILES string of the molecule is C=CCc1cccc(N([SiH3])CC=C)c1CC=C. The zero-order valence-electron chi connectivity index (χ0n) is 10.7. The summed E-state index contributed by atoms with van der Waals surface area (Å²) in [4.78, 5) is 0. The van der Waals surface area contributed by atoms with Gasteiger partial charge in [-0.3, -0.25) is 0 Å². The summed E-state index contributed by atoms with van der Waals surface area (Å²) in [7, 11) is 0.996. The molecule has 0 N–H and O–H groups in total. The first-order chi connectivity index (χ1) is 8.24. The molecule has 17 heavy (non-hydrogen) atoms. The number of nitrogens with zero attached hydrogens (tertiary/aromatic N) is 1. The van der Waals surface area contributed by atoms with Crippen LogP contribution in [0.15, 0.2) is 56.2 Å². The molecule has 1 aromatic carbocycles. The van der Waals surface area contributed by atoms with E-state index in [9.17, 15) is 0 Å². The highest BCUT2D eigenvalue weighted by Gasteiger charge is 2.08. The third kappa shape index (κ3) is 3.46. The Morgan fingerprint density at radius 2 is 1.76 bits per heavy atom. The Balaban J connectivity index is 3.17. The number of hydrogen-bond donors (Lipinski definition) is 0. The molecule has 0 aliphatic heterocycles. The lowest BCUT2D eigenvalue weighted by Gasteiger charge is -2.23. The molecule has 0 bridgehead atoms. The van der Waals surface area contributed by atoms with Crippen molar-refractivity contribution >= 4 is 16.1 Å². The van der Waals surface area contributed by atoms with E-state index in [0.717, 1.165) is 29.8 Å². The van der Waals surface area contributed by atoms with Crippen LogP contribution in [0.3, 0.4) is 0 Å². The summed E-state index contributed by atoms with van der Waals surface area (Å²) in [5.41, 5.74) is 4.04. The van der Waals surface area contributed by atoms with Crippen LogP contribution in [0.1, 0.15) is 11.1 Å². The van der Waals surface area contributed by atoms with Gasteiger partial charge in [-0.2, -0.15) is 0 Å². The molecule has 0 aliphatic rings. The van der Waals surface area contributed by atoms with Crippen LogP contribution in [-0.2, 0) is 12.8 Å². The molecule has 1 aromatic rings. The van der Waals surface area contributed by atoms with E-state index in [1.54, 1.807) is 0 Å². The normalized spacial score (nSPS) is 9.88. The first-order valence-corrected chi connectivity index (χ1v) is 6.78. The van der Waals surface area contributed by atoms with E-state index in [4.69, 9.17) is 0 Å². The van der Waals surface area contributed by atoms with Crippen molar-refractivity contribution in [3.05, 3.63) is 67.3 Å². The van der Waals surface area contributed by atoms with Gasteiger partial charge in [0.05, 0.1) is 0 Å². The van der Waals surface area contributed by atoms with Gasteiger partial charge in [-0.15, -0.1) is 19.7 Å². The highest BCUT2D eigenvalue weighted by atomic mass is 28.2. The van der Waals surface area contributed by atoms with Crippen LogP contribution in [0.25, 0.3) is 0 Å². The predicted molar refractivity (Wildman–Crippen MR) is 81.7 cm³/mol. The van der Waals surface area contributed by atoms with Crippen molar-refractivity contribution in [2.75, 3.05) is 11.1 Å². The van der Waals surface area contributed by atoms with Gasteiger partial charge in [-0.1, -0.05) is 30.4 Å². The molecule has 2 heteroatoms. The van der Waals surface area contributed by atoms with Crippen LogP contribution in [-0.4, -0.2) is 16.9 Å². The van der Waals surface area contributed by atoms with Crippen LogP contribution in [0, 0.1) is 0 Å². The van der Waals surface area contributed by atoms with Gasteiger partial charge in [0.2, 0.25) is 0 Å². The lowest BCUT2D eigenvalue weighted by Crippen LogP contribution is -2.20. The van der Waals surface area contributed by atoms with Gasteiger partial charge in [-0.25, -0.2) is 0 Å². The monoisotopic (exact) mass is 243 g/mol. The topological polar surface area (TPSA) is 3.24 Å². The average molecular weight is 243 g/mol. The molecular formula is C15H21NSi. The fraction of sp³-hybridized carbons (Fsp3) is 0.200. The molecule has 0 heterocycles. The molecule has 90 valence electrons. The molecule has 0 fully saturated rings. The molecule has 0 amide bonds. The molecule has 0 atom stereocenters. The Bertz CT molecular complexity index is 409. The minimum absolute atomic E-state index is 0.911. The molecule has 0 saturated heterocycles. The number of rotatable bonds is 7. The van der Waals surface area contributed by atoms with Crippen LogP contribution in [0.5, 0.6) is 0 Å². The Kier molecular flexibility index (Phi) is 5.50. The number of hydrogen-bond acceptors (Lipinski definition) is 1. The van der Waals surface area contributed by atoms with E-state index >= 15 is 0 Å². The van der Waals surface area contributed by atoms with Crippen LogP contribution >= 0.6 is 0 Å². The zero-order valence-corrected chi connectivity index (χ0v) is 12.7. The van der Waals surface area contributed by atoms with Gasteiger partial charge in [0.1, 0.15) is 10.4 Å². The second kappa shape index (κ2) is 6.92. The molecule has 1 rings (SSSR count).